The summed E-state index contributed by atoms with van der Waals surface area (Å²) in [5, 5.41) is 12.0. The van der Waals surface area contributed by atoms with Gasteiger partial charge in [-0.25, -0.2) is 0 Å². The Morgan fingerprint density at radius 2 is 2.05 bits per heavy atom. The van der Waals surface area contributed by atoms with Crippen LogP contribution in [-0.4, -0.2) is 42.2 Å². The minimum Gasteiger partial charge on any atom is -0.393 e. The molecule has 0 aliphatic rings. The highest BCUT2D eigenvalue weighted by Crippen LogP contribution is 2.09. The van der Waals surface area contributed by atoms with Gasteiger partial charge in [-0.3, -0.25) is 9.69 Å². The second-order valence-electron chi connectivity index (χ2n) is 4.82. The molecule has 1 aromatic carbocycles. The van der Waals surface area contributed by atoms with Crippen molar-refractivity contribution in [2.45, 2.75) is 26.0 Å². The molecule has 0 saturated carbocycles. The van der Waals surface area contributed by atoms with Gasteiger partial charge in [0.1, 0.15) is 0 Å². The summed E-state index contributed by atoms with van der Waals surface area (Å²) in [5.41, 5.74) is 7.31. The number of nitrogens with two attached hydrogens (primary N) is 1. The summed E-state index contributed by atoms with van der Waals surface area (Å²) in [7, 11) is 1.86. The zero-order valence-corrected chi connectivity index (χ0v) is 11.6. The van der Waals surface area contributed by atoms with Crippen molar-refractivity contribution in [2.24, 2.45) is 5.73 Å². The number of aliphatic hydroxyl groups is 1. The molecule has 5 heteroatoms. The number of nitrogens with one attached hydrogen (secondary N) is 1. The second-order valence-corrected chi connectivity index (χ2v) is 4.82. The van der Waals surface area contributed by atoms with Gasteiger partial charge in [0.15, 0.2) is 0 Å². The molecule has 4 N–H and O–H groups in total. The maximum Gasteiger partial charge on any atom is 0.238 e. The molecular formula is C14H23N3O2. The van der Waals surface area contributed by atoms with Crippen LogP contribution in [0.4, 0.5) is 5.69 Å². The first-order valence-corrected chi connectivity index (χ1v) is 6.46. The fourth-order valence-electron chi connectivity index (χ4n) is 1.66. The third kappa shape index (κ3) is 6.33. The van der Waals surface area contributed by atoms with Gasteiger partial charge in [0.05, 0.1) is 12.6 Å². The summed E-state index contributed by atoms with van der Waals surface area (Å²) >= 11 is 0. The first-order chi connectivity index (χ1) is 9.01. The minimum absolute atomic E-state index is 0.0615. The molecule has 0 aliphatic carbocycles. The summed E-state index contributed by atoms with van der Waals surface area (Å²) in [6.45, 7) is 3.24. The van der Waals surface area contributed by atoms with E-state index in [2.05, 4.69) is 5.32 Å². The molecule has 0 aromatic heterocycles. The molecule has 1 amide bonds. The second kappa shape index (κ2) is 7.89. The van der Waals surface area contributed by atoms with Crippen molar-refractivity contribution in [3.05, 3.63) is 29.8 Å². The van der Waals surface area contributed by atoms with E-state index in [1.807, 2.05) is 36.2 Å². The lowest BCUT2D eigenvalue weighted by Crippen LogP contribution is -2.32. The van der Waals surface area contributed by atoms with E-state index >= 15 is 0 Å². The minimum atomic E-state index is -0.339. The van der Waals surface area contributed by atoms with Crippen molar-refractivity contribution in [3.8, 4) is 0 Å². The van der Waals surface area contributed by atoms with E-state index in [4.69, 9.17) is 5.73 Å². The molecule has 1 unspecified atom stereocenters. The van der Waals surface area contributed by atoms with Crippen molar-refractivity contribution in [1.82, 2.24) is 4.90 Å². The molecule has 5 nitrogen and oxygen atoms in total. The maximum atomic E-state index is 11.8. The van der Waals surface area contributed by atoms with Gasteiger partial charge in [0, 0.05) is 18.8 Å². The Hall–Kier alpha value is -1.43. The average Bonchev–Trinajstić information content (AvgIpc) is 2.37. The first-order valence-electron chi connectivity index (χ1n) is 6.46. The summed E-state index contributed by atoms with van der Waals surface area (Å²) in [6, 6.07) is 7.48. The molecule has 0 heterocycles. The number of amides is 1. The van der Waals surface area contributed by atoms with E-state index in [1.165, 1.54) is 0 Å². The fraction of sp³-hybridized carbons (Fsp3) is 0.500. The van der Waals surface area contributed by atoms with E-state index in [1.54, 1.807) is 6.92 Å². The van der Waals surface area contributed by atoms with Crippen LogP contribution in [0.2, 0.25) is 0 Å². The Labute approximate surface area is 114 Å². The molecule has 0 bridgehead atoms. The third-order valence-corrected chi connectivity index (χ3v) is 2.82. The number of carbonyl (C=O) groups is 1. The normalized spacial score (nSPS) is 12.5. The van der Waals surface area contributed by atoms with E-state index in [9.17, 15) is 9.90 Å². The Morgan fingerprint density at radius 3 is 2.58 bits per heavy atom. The predicted molar refractivity (Wildman–Crippen MR) is 76.8 cm³/mol. The zero-order valence-electron chi connectivity index (χ0n) is 11.6. The lowest BCUT2D eigenvalue weighted by Gasteiger charge is -2.17. The van der Waals surface area contributed by atoms with E-state index in [0.717, 1.165) is 11.3 Å². The number of likely N-dealkylation sites (N-methyl/N-ethyl adjacent to an activating group) is 1. The van der Waals surface area contributed by atoms with Crippen molar-refractivity contribution < 1.29 is 9.90 Å². The Bertz CT molecular complexity index is 390. The van der Waals surface area contributed by atoms with Crippen LogP contribution in [0.3, 0.4) is 0 Å². The van der Waals surface area contributed by atoms with Gasteiger partial charge in [-0.1, -0.05) is 12.1 Å². The highest BCUT2D eigenvalue weighted by molar-refractivity contribution is 5.92. The van der Waals surface area contributed by atoms with Crippen LogP contribution in [-0.2, 0) is 11.3 Å². The van der Waals surface area contributed by atoms with Gasteiger partial charge in [0.25, 0.3) is 0 Å². The predicted octanol–water partition coefficient (Wildman–Crippen LogP) is 0.786. The zero-order chi connectivity index (χ0) is 14.3. The molecule has 1 rings (SSSR count). The van der Waals surface area contributed by atoms with Crippen LogP contribution in [0.1, 0.15) is 18.9 Å². The van der Waals surface area contributed by atoms with Gasteiger partial charge < -0.3 is 16.2 Å². The first kappa shape index (κ1) is 15.6. The number of carbonyl (C=O) groups excluding carboxylic acids is 1. The van der Waals surface area contributed by atoms with Crippen LogP contribution in [0.15, 0.2) is 24.3 Å². The smallest absolute Gasteiger partial charge is 0.238 e. The van der Waals surface area contributed by atoms with Crippen molar-refractivity contribution in [3.63, 3.8) is 0 Å². The molecule has 0 saturated heterocycles. The van der Waals surface area contributed by atoms with Crippen molar-refractivity contribution in [1.29, 1.82) is 0 Å². The maximum absolute atomic E-state index is 11.8. The number of benzene rings is 1. The lowest BCUT2D eigenvalue weighted by atomic mass is 10.2. The Balaban J connectivity index is 2.37. The summed E-state index contributed by atoms with van der Waals surface area (Å²) < 4.78 is 0. The lowest BCUT2D eigenvalue weighted by molar-refractivity contribution is -0.117. The van der Waals surface area contributed by atoms with Gasteiger partial charge in [-0.15, -0.1) is 0 Å². The number of hydrogen-bond donors (Lipinski definition) is 3. The molecular weight excluding hydrogens is 242 g/mol. The van der Waals surface area contributed by atoms with Crippen LogP contribution < -0.4 is 11.1 Å². The van der Waals surface area contributed by atoms with Crippen LogP contribution in [0, 0.1) is 0 Å². The summed E-state index contributed by atoms with van der Waals surface area (Å²) in [6.07, 6.45) is 0.323. The Morgan fingerprint density at radius 1 is 1.42 bits per heavy atom. The Kier molecular flexibility index (Phi) is 6.49. The number of anilines is 1. The largest absolute Gasteiger partial charge is 0.393 e. The highest BCUT2D eigenvalue weighted by Gasteiger charge is 2.07. The van der Waals surface area contributed by atoms with Crippen molar-refractivity contribution >= 4 is 11.6 Å². The molecule has 0 spiro atoms. The monoisotopic (exact) mass is 265 g/mol. The molecule has 106 valence electrons. The van der Waals surface area contributed by atoms with E-state index < -0.39 is 0 Å². The summed E-state index contributed by atoms with van der Waals surface area (Å²) in [5.74, 6) is -0.0615. The van der Waals surface area contributed by atoms with Gasteiger partial charge in [-0.05, 0) is 38.1 Å². The van der Waals surface area contributed by atoms with Crippen LogP contribution in [0.25, 0.3) is 0 Å². The van der Waals surface area contributed by atoms with Crippen molar-refractivity contribution in [2.75, 3.05) is 25.5 Å². The molecule has 1 aromatic rings. The van der Waals surface area contributed by atoms with Crippen LogP contribution >= 0.6 is 0 Å². The SMILES string of the molecule is CC(O)CCN(C)CC(=O)Nc1ccc(CN)cc1. The third-order valence-electron chi connectivity index (χ3n) is 2.82. The van der Waals surface area contributed by atoms with Gasteiger partial charge >= 0.3 is 0 Å². The molecule has 0 fully saturated rings. The molecule has 19 heavy (non-hydrogen) atoms. The fourth-order valence-corrected chi connectivity index (χ4v) is 1.66. The standard InChI is InChI=1S/C14H23N3O2/c1-11(18)7-8-17(2)10-14(19)16-13-5-3-12(9-15)4-6-13/h3-6,11,18H,7-10,15H2,1-2H3,(H,16,19). The number of aliphatic hydroxyl groups excluding tert-OH is 1. The average molecular weight is 265 g/mol. The molecule has 0 radical (unpaired) electrons. The summed E-state index contributed by atoms with van der Waals surface area (Å²) in [4.78, 5) is 13.7. The molecule has 0 aliphatic heterocycles. The number of rotatable bonds is 7. The molecule has 1 atom stereocenters. The van der Waals surface area contributed by atoms with E-state index in [0.29, 0.717) is 26.1 Å². The number of hydrogen-bond acceptors (Lipinski definition) is 4. The van der Waals surface area contributed by atoms with Gasteiger partial charge in [-0.2, -0.15) is 0 Å². The topological polar surface area (TPSA) is 78.6 Å². The van der Waals surface area contributed by atoms with Gasteiger partial charge in [0.2, 0.25) is 5.91 Å². The highest BCUT2D eigenvalue weighted by atomic mass is 16.3. The number of nitrogens with zero attached hydrogens (tertiary/aromatic N) is 1. The van der Waals surface area contributed by atoms with E-state index in [-0.39, 0.29) is 12.0 Å². The van der Waals surface area contributed by atoms with Crippen LogP contribution in [0.5, 0.6) is 0 Å². The quantitative estimate of drug-likeness (QED) is 0.681.